The zero-order valence-electron chi connectivity index (χ0n) is 25.3. The van der Waals surface area contributed by atoms with Crippen molar-refractivity contribution in [1.29, 1.82) is 0 Å². The van der Waals surface area contributed by atoms with Crippen LogP contribution in [0, 0.1) is 6.92 Å². The van der Waals surface area contributed by atoms with E-state index < -0.39 is 17.8 Å². The summed E-state index contributed by atoms with van der Waals surface area (Å²) in [5.74, 6) is -0.210. The number of piperidine rings is 1. The summed E-state index contributed by atoms with van der Waals surface area (Å²) in [6.07, 6.45) is -0.464. The molecule has 1 saturated heterocycles. The molecule has 0 unspecified atom stereocenters. The van der Waals surface area contributed by atoms with Crippen molar-refractivity contribution in [2.24, 2.45) is 0 Å². The van der Waals surface area contributed by atoms with Gasteiger partial charge < -0.3 is 29.7 Å². The summed E-state index contributed by atoms with van der Waals surface area (Å²) in [4.78, 5) is 45.4. The second-order valence-electron chi connectivity index (χ2n) is 10.9. The van der Waals surface area contributed by atoms with Crippen LogP contribution in [-0.2, 0) is 9.53 Å². The van der Waals surface area contributed by atoms with Crippen molar-refractivity contribution in [2.75, 3.05) is 40.3 Å². The molecule has 1 aliphatic rings. The number of carbonyl (C=O) groups is 3. The number of ether oxygens (including phenoxy) is 2. The van der Waals surface area contributed by atoms with Crippen LogP contribution < -0.4 is 10.1 Å². The lowest BCUT2D eigenvalue weighted by atomic mass is 9.95. The molecule has 12 heteroatoms. The van der Waals surface area contributed by atoms with Crippen molar-refractivity contribution in [1.82, 2.24) is 20.1 Å². The quantitative estimate of drug-likeness (QED) is 0.159. The first-order valence-electron chi connectivity index (χ1n) is 14.1. The Morgan fingerprint density at radius 3 is 2.41 bits per heavy atom. The van der Waals surface area contributed by atoms with Crippen molar-refractivity contribution in [2.45, 2.75) is 38.8 Å². The highest BCUT2D eigenvalue weighted by atomic mass is 35.5. The van der Waals surface area contributed by atoms with Gasteiger partial charge in [-0.05, 0) is 62.8 Å². The van der Waals surface area contributed by atoms with Gasteiger partial charge in [0.1, 0.15) is 11.4 Å². The standard InChI is InChI=1S/C32H37ClN4O6.ClH/c1-21-8-5-6-9-24(21)25-11-13-27(30(39)35-32(43-31(40)41)14-17-37(18-15-32)22(2)38)34-29(25)23-10-12-26(33)28(20-23)42-19-7-16-36(3)4;/h5-6,8-13,20H,7,14-19H2,1-4H3,(H,35,39)(H,40,41);1H. The van der Waals surface area contributed by atoms with Crippen molar-refractivity contribution < 1.29 is 29.0 Å². The smallest absolute Gasteiger partial charge is 0.492 e. The minimum absolute atomic E-state index is 0. The summed E-state index contributed by atoms with van der Waals surface area (Å²) in [6.45, 7) is 5.29. The largest absolute Gasteiger partial charge is 0.507 e. The molecule has 1 aromatic heterocycles. The van der Waals surface area contributed by atoms with E-state index in [0.29, 0.717) is 28.6 Å². The maximum absolute atomic E-state index is 13.6. The fourth-order valence-corrected chi connectivity index (χ4v) is 5.27. The van der Waals surface area contributed by atoms with Crippen LogP contribution in [0.3, 0.4) is 0 Å². The normalized spacial score (nSPS) is 14.0. The monoisotopic (exact) mass is 644 g/mol. The van der Waals surface area contributed by atoms with Gasteiger partial charge in [0.15, 0.2) is 5.72 Å². The van der Waals surface area contributed by atoms with Crippen molar-refractivity contribution in [3.05, 3.63) is 70.9 Å². The average Bonchev–Trinajstić information content (AvgIpc) is 2.96. The maximum Gasteiger partial charge on any atom is 0.507 e. The number of pyridine rings is 1. The highest BCUT2D eigenvalue weighted by Crippen LogP contribution is 2.37. The highest BCUT2D eigenvalue weighted by Gasteiger charge is 2.41. The van der Waals surface area contributed by atoms with Gasteiger partial charge in [0.2, 0.25) is 5.91 Å². The van der Waals surface area contributed by atoms with Crippen LogP contribution in [0.1, 0.15) is 42.2 Å². The Labute approximate surface area is 268 Å². The molecule has 236 valence electrons. The van der Waals surface area contributed by atoms with Crippen LogP contribution >= 0.6 is 24.0 Å². The van der Waals surface area contributed by atoms with Crippen LogP contribution in [0.4, 0.5) is 4.79 Å². The van der Waals surface area contributed by atoms with Crippen LogP contribution in [0.5, 0.6) is 5.75 Å². The van der Waals surface area contributed by atoms with Gasteiger partial charge in [-0.25, -0.2) is 9.78 Å². The fourth-order valence-electron chi connectivity index (χ4n) is 5.10. The Morgan fingerprint density at radius 2 is 1.77 bits per heavy atom. The topological polar surface area (TPSA) is 121 Å². The first-order valence-corrected chi connectivity index (χ1v) is 14.5. The lowest BCUT2D eigenvalue weighted by Gasteiger charge is -2.40. The third kappa shape index (κ3) is 8.62. The molecule has 0 spiro atoms. The summed E-state index contributed by atoms with van der Waals surface area (Å²) >= 11 is 6.48. The lowest BCUT2D eigenvalue weighted by molar-refractivity contribution is -0.134. The second kappa shape index (κ2) is 15.2. The number of amides is 2. The summed E-state index contributed by atoms with van der Waals surface area (Å²) in [5.41, 5.74) is 2.62. The van der Waals surface area contributed by atoms with E-state index in [2.05, 4.69) is 10.2 Å². The number of hydrogen-bond acceptors (Lipinski definition) is 7. The average molecular weight is 646 g/mol. The molecule has 0 radical (unpaired) electrons. The van der Waals surface area contributed by atoms with Crippen LogP contribution in [0.15, 0.2) is 54.6 Å². The maximum atomic E-state index is 13.6. The van der Waals surface area contributed by atoms with Crippen LogP contribution in [0.2, 0.25) is 5.02 Å². The van der Waals surface area contributed by atoms with E-state index in [-0.39, 0.29) is 49.9 Å². The van der Waals surface area contributed by atoms with Crippen LogP contribution in [-0.4, -0.2) is 83.9 Å². The molecule has 44 heavy (non-hydrogen) atoms. The molecule has 0 atom stereocenters. The van der Waals surface area contributed by atoms with Gasteiger partial charge in [0, 0.05) is 50.5 Å². The summed E-state index contributed by atoms with van der Waals surface area (Å²) < 4.78 is 11.2. The minimum Gasteiger partial charge on any atom is -0.492 e. The van der Waals surface area contributed by atoms with E-state index in [4.69, 9.17) is 26.1 Å². The Kier molecular flexibility index (Phi) is 12.0. The van der Waals surface area contributed by atoms with Gasteiger partial charge in [0.25, 0.3) is 5.91 Å². The number of aromatic nitrogens is 1. The molecule has 0 saturated carbocycles. The van der Waals surface area contributed by atoms with E-state index in [1.165, 1.54) is 6.92 Å². The number of carboxylic acid groups (broad SMARTS) is 1. The Hall–Kier alpha value is -3.86. The van der Waals surface area contributed by atoms with E-state index >= 15 is 0 Å². The molecule has 2 heterocycles. The number of rotatable bonds is 10. The molecule has 2 amide bonds. The molecule has 2 aromatic carbocycles. The third-order valence-corrected chi connectivity index (χ3v) is 7.73. The molecule has 1 aliphatic heterocycles. The molecular weight excluding hydrogens is 607 g/mol. The van der Waals surface area contributed by atoms with Gasteiger partial charge >= 0.3 is 6.16 Å². The highest BCUT2D eigenvalue weighted by molar-refractivity contribution is 6.32. The molecular formula is C32H38Cl2N4O6. The second-order valence-corrected chi connectivity index (χ2v) is 11.3. The van der Waals surface area contributed by atoms with Gasteiger partial charge in [-0.15, -0.1) is 12.4 Å². The Balaban J connectivity index is 0.00000529. The number of hydrogen-bond donors (Lipinski definition) is 2. The van der Waals surface area contributed by atoms with Gasteiger partial charge in [-0.2, -0.15) is 0 Å². The third-order valence-electron chi connectivity index (χ3n) is 7.42. The van der Waals surface area contributed by atoms with E-state index in [1.54, 1.807) is 17.0 Å². The summed E-state index contributed by atoms with van der Waals surface area (Å²) in [5, 5.41) is 12.7. The first kappa shape index (κ1) is 34.6. The minimum atomic E-state index is -1.51. The summed E-state index contributed by atoms with van der Waals surface area (Å²) in [7, 11) is 4.00. The fraction of sp³-hybridized carbons (Fsp3) is 0.375. The van der Waals surface area contributed by atoms with Crippen molar-refractivity contribution in [3.63, 3.8) is 0 Å². The van der Waals surface area contributed by atoms with E-state index in [9.17, 15) is 19.5 Å². The zero-order chi connectivity index (χ0) is 31.1. The predicted octanol–water partition coefficient (Wildman–Crippen LogP) is 5.89. The number of likely N-dealkylation sites (tertiary alicyclic amines) is 1. The van der Waals surface area contributed by atoms with Crippen molar-refractivity contribution >= 4 is 42.0 Å². The molecule has 1 fully saturated rings. The molecule has 2 N–H and O–H groups in total. The molecule has 0 bridgehead atoms. The number of carbonyl (C=O) groups excluding carboxylic acids is 2. The number of benzene rings is 2. The number of halogens is 2. The molecule has 10 nitrogen and oxygen atoms in total. The number of nitrogens with one attached hydrogen (secondary N) is 1. The predicted molar refractivity (Wildman–Crippen MR) is 172 cm³/mol. The van der Waals surface area contributed by atoms with Crippen molar-refractivity contribution in [3.8, 4) is 28.1 Å². The molecule has 4 rings (SSSR count). The van der Waals surface area contributed by atoms with E-state index in [0.717, 1.165) is 29.7 Å². The molecule has 0 aliphatic carbocycles. The molecule has 3 aromatic rings. The lowest BCUT2D eigenvalue weighted by Crippen LogP contribution is -2.58. The number of aryl methyl sites for hydroxylation is 1. The SMILES string of the molecule is CC(=O)N1CCC(NC(=O)c2ccc(-c3ccccc3C)c(-c3ccc(Cl)c(OCCCN(C)C)c3)n2)(OC(=O)O)CC1.Cl. The Bertz CT molecular complexity index is 1490. The first-order chi connectivity index (χ1) is 20.5. The summed E-state index contributed by atoms with van der Waals surface area (Å²) in [6, 6.07) is 16.7. The number of nitrogens with zero attached hydrogens (tertiary/aromatic N) is 3. The van der Waals surface area contributed by atoms with E-state index in [1.807, 2.05) is 63.5 Å². The van der Waals surface area contributed by atoms with Gasteiger partial charge in [0.05, 0.1) is 17.3 Å². The van der Waals surface area contributed by atoms with Gasteiger partial charge in [-0.1, -0.05) is 41.9 Å². The van der Waals surface area contributed by atoms with Crippen LogP contribution in [0.25, 0.3) is 22.4 Å². The van der Waals surface area contributed by atoms with Gasteiger partial charge in [-0.3, -0.25) is 9.59 Å². The Morgan fingerprint density at radius 1 is 1.07 bits per heavy atom. The zero-order valence-corrected chi connectivity index (χ0v) is 26.8.